The standard InChI is InChI=1S/C17H16Cl3FN4O2/c18-10-5-12(15(20)13(19)6-10)16-24-14(7-22)17(27-16)23-1-3-26-4-2-25-8-11(21)9-25/h5-6,11,23H,1-4,8-9H2. The van der Waals surface area contributed by atoms with Crippen LogP contribution in [0.1, 0.15) is 5.69 Å². The Morgan fingerprint density at radius 2 is 2.11 bits per heavy atom. The summed E-state index contributed by atoms with van der Waals surface area (Å²) in [7, 11) is 0. The molecule has 1 fully saturated rings. The molecule has 0 saturated carbocycles. The van der Waals surface area contributed by atoms with Gasteiger partial charge in [0.25, 0.3) is 0 Å². The first-order valence-corrected chi connectivity index (χ1v) is 9.35. The number of likely N-dealkylation sites (tertiary alicyclic amines) is 1. The van der Waals surface area contributed by atoms with Gasteiger partial charge in [0, 0.05) is 31.2 Å². The minimum Gasteiger partial charge on any atom is -0.419 e. The average molecular weight is 434 g/mol. The van der Waals surface area contributed by atoms with Crippen LogP contribution in [-0.2, 0) is 4.74 Å². The summed E-state index contributed by atoms with van der Waals surface area (Å²) in [5, 5.41) is 13.1. The topological polar surface area (TPSA) is 74.3 Å². The lowest BCUT2D eigenvalue weighted by molar-refractivity contribution is 0.0327. The van der Waals surface area contributed by atoms with Crippen molar-refractivity contribution in [1.29, 1.82) is 5.26 Å². The van der Waals surface area contributed by atoms with Gasteiger partial charge in [0.1, 0.15) is 12.2 Å². The van der Waals surface area contributed by atoms with Crippen LogP contribution < -0.4 is 5.32 Å². The van der Waals surface area contributed by atoms with Gasteiger partial charge in [-0.1, -0.05) is 34.8 Å². The summed E-state index contributed by atoms with van der Waals surface area (Å²) in [6.45, 7) is 2.98. The highest BCUT2D eigenvalue weighted by Crippen LogP contribution is 2.37. The van der Waals surface area contributed by atoms with E-state index in [4.69, 9.17) is 44.0 Å². The van der Waals surface area contributed by atoms with Crippen molar-refractivity contribution in [2.75, 3.05) is 44.7 Å². The molecule has 10 heteroatoms. The van der Waals surface area contributed by atoms with Gasteiger partial charge >= 0.3 is 0 Å². The van der Waals surface area contributed by atoms with Crippen LogP contribution in [0.2, 0.25) is 15.1 Å². The molecule has 0 atom stereocenters. The highest BCUT2D eigenvalue weighted by atomic mass is 35.5. The van der Waals surface area contributed by atoms with E-state index in [2.05, 4.69) is 10.3 Å². The molecule has 0 spiro atoms. The molecule has 2 aromatic rings. The Kier molecular flexibility index (Phi) is 6.79. The Hall–Kier alpha value is -1.56. The molecule has 0 amide bonds. The van der Waals surface area contributed by atoms with Crippen molar-refractivity contribution in [3.8, 4) is 17.5 Å². The molecule has 144 valence electrons. The molecule has 0 unspecified atom stereocenters. The molecule has 3 rings (SSSR count). The number of benzene rings is 1. The molecule has 1 N–H and O–H groups in total. The molecule has 1 saturated heterocycles. The van der Waals surface area contributed by atoms with Gasteiger partial charge in [-0.15, -0.1) is 0 Å². The van der Waals surface area contributed by atoms with Crippen LogP contribution in [0, 0.1) is 11.3 Å². The molecule has 1 aromatic carbocycles. The number of aromatic nitrogens is 1. The molecule has 6 nitrogen and oxygen atoms in total. The number of hydrogen-bond donors (Lipinski definition) is 1. The molecular weight excluding hydrogens is 418 g/mol. The van der Waals surface area contributed by atoms with E-state index in [9.17, 15) is 9.65 Å². The monoisotopic (exact) mass is 432 g/mol. The number of anilines is 1. The normalized spacial score (nSPS) is 14.8. The third-order valence-electron chi connectivity index (χ3n) is 3.95. The third kappa shape index (κ3) is 5.03. The first-order chi connectivity index (χ1) is 13.0. The predicted molar refractivity (Wildman–Crippen MR) is 102 cm³/mol. The number of nitriles is 1. The highest BCUT2D eigenvalue weighted by Gasteiger charge is 2.25. The van der Waals surface area contributed by atoms with Crippen molar-refractivity contribution in [2.45, 2.75) is 6.17 Å². The lowest BCUT2D eigenvalue weighted by atomic mass is 10.2. The van der Waals surface area contributed by atoms with Crippen molar-refractivity contribution in [2.24, 2.45) is 0 Å². The molecule has 2 heterocycles. The van der Waals surface area contributed by atoms with E-state index in [1.807, 2.05) is 11.0 Å². The van der Waals surface area contributed by atoms with Crippen LogP contribution in [0.5, 0.6) is 0 Å². The average Bonchev–Trinajstić information content (AvgIpc) is 3.02. The van der Waals surface area contributed by atoms with E-state index in [1.165, 1.54) is 6.07 Å². The molecular formula is C17H16Cl3FN4O2. The Labute approximate surface area is 170 Å². The van der Waals surface area contributed by atoms with Gasteiger partial charge in [-0.2, -0.15) is 10.2 Å². The largest absolute Gasteiger partial charge is 0.419 e. The quantitative estimate of drug-likeness (QED) is 0.495. The Morgan fingerprint density at radius 3 is 2.81 bits per heavy atom. The molecule has 0 radical (unpaired) electrons. The summed E-state index contributed by atoms with van der Waals surface area (Å²) in [4.78, 5) is 6.11. The van der Waals surface area contributed by atoms with Crippen LogP contribution in [0.3, 0.4) is 0 Å². The number of nitrogens with one attached hydrogen (secondary N) is 1. The van der Waals surface area contributed by atoms with E-state index in [-0.39, 0.29) is 27.5 Å². The van der Waals surface area contributed by atoms with Gasteiger partial charge in [0.05, 0.1) is 28.8 Å². The van der Waals surface area contributed by atoms with E-state index in [0.29, 0.717) is 50.0 Å². The van der Waals surface area contributed by atoms with Gasteiger partial charge in [-0.25, -0.2) is 4.39 Å². The second-order valence-electron chi connectivity index (χ2n) is 5.95. The Bertz CT molecular complexity index is 849. The lowest BCUT2D eigenvalue weighted by Gasteiger charge is -2.33. The summed E-state index contributed by atoms with van der Waals surface area (Å²) in [5.74, 6) is 0.356. The van der Waals surface area contributed by atoms with Crippen LogP contribution in [-0.4, -0.2) is 55.4 Å². The molecule has 1 aliphatic heterocycles. The van der Waals surface area contributed by atoms with Crippen molar-refractivity contribution in [3.05, 3.63) is 32.9 Å². The maximum Gasteiger partial charge on any atom is 0.232 e. The number of ether oxygens (including phenoxy) is 1. The molecule has 0 bridgehead atoms. The first kappa shape index (κ1) is 20.2. The van der Waals surface area contributed by atoms with Gasteiger partial charge in [0.15, 0.2) is 0 Å². The fourth-order valence-corrected chi connectivity index (χ4v) is 3.25. The first-order valence-electron chi connectivity index (χ1n) is 8.22. The van der Waals surface area contributed by atoms with Gasteiger partial charge in [-0.3, -0.25) is 4.90 Å². The van der Waals surface area contributed by atoms with Crippen molar-refractivity contribution >= 4 is 40.7 Å². The summed E-state index contributed by atoms with van der Waals surface area (Å²) >= 11 is 18.2. The number of oxazole rings is 1. The summed E-state index contributed by atoms with van der Waals surface area (Å²) < 4.78 is 23.8. The zero-order valence-corrected chi connectivity index (χ0v) is 16.4. The Balaban J connectivity index is 1.55. The van der Waals surface area contributed by atoms with Crippen LogP contribution >= 0.6 is 34.8 Å². The van der Waals surface area contributed by atoms with Gasteiger partial charge in [0.2, 0.25) is 17.5 Å². The SMILES string of the molecule is N#Cc1nc(-c2cc(Cl)cc(Cl)c2Cl)oc1NCCOCCN1CC(F)C1. The van der Waals surface area contributed by atoms with Crippen LogP contribution in [0.4, 0.5) is 10.3 Å². The summed E-state index contributed by atoms with van der Waals surface area (Å²) in [6.07, 6.45) is -0.709. The zero-order valence-electron chi connectivity index (χ0n) is 14.1. The van der Waals surface area contributed by atoms with Gasteiger partial charge < -0.3 is 14.5 Å². The summed E-state index contributed by atoms with van der Waals surface area (Å²) in [5.41, 5.74) is 0.488. The van der Waals surface area contributed by atoms with E-state index < -0.39 is 6.17 Å². The van der Waals surface area contributed by atoms with Crippen molar-refractivity contribution in [3.63, 3.8) is 0 Å². The second kappa shape index (κ2) is 9.09. The fraction of sp³-hybridized carbons (Fsp3) is 0.412. The number of nitrogens with zero attached hydrogens (tertiary/aromatic N) is 3. The summed E-state index contributed by atoms with van der Waals surface area (Å²) in [6, 6.07) is 5.03. The van der Waals surface area contributed by atoms with Crippen LogP contribution in [0.25, 0.3) is 11.5 Å². The molecule has 27 heavy (non-hydrogen) atoms. The van der Waals surface area contributed by atoms with E-state index in [1.54, 1.807) is 6.07 Å². The fourth-order valence-electron chi connectivity index (χ4n) is 2.56. The molecule has 1 aromatic heterocycles. The van der Waals surface area contributed by atoms with Crippen LogP contribution in [0.15, 0.2) is 16.5 Å². The number of hydrogen-bond acceptors (Lipinski definition) is 6. The van der Waals surface area contributed by atoms with Crippen molar-refractivity contribution < 1.29 is 13.5 Å². The lowest BCUT2D eigenvalue weighted by Crippen LogP contribution is -2.49. The predicted octanol–water partition coefficient (Wildman–Crippen LogP) is 4.26. The second-order valence-corrected chi connectivity index (χ2v) is 7.18. The Morgan fingerprint density at radius 1 is 1.33 bits per heavy atom. The van der Waals surface area contributed by atoms with E-state index >= 15 is 0 Å². The van der Waals surface area contributed by atoms with E-state index in [0.717, 1.165) is 0 Å². The number of alkyl halides is 1. The smallest absolute Gasteiger partial charge is 0.232 e. The number of rotatable bonds is 8. The maximum absolute atomic E-state index is 12.7. The minimum absolute atomic E-state index is 0.0896. The van der Waals surface area contributed by atoms with Gasteiger partial charge in [-0.05, 0) is 12.1 Å². The number of halogens is 4. The maximum atomic E-state index is 12.7. The third-order valence-corrected chi connectivity index (χ3v) is 4.97. The minimum atomic E-state index is -0.709. The molecule has 0 aliphatic carbocycles. The molecule has 1 aliphatic rings. The zero-order chi connectivity index (χ0) is 19.4. The highest BCUT2D eigenvalue weighted by molar-refractivity contribution is 6.44. The van der Waals surface area contributed by atoms with Crippen molar-refractivity contribution in [1.82, 2.24) is 9.88 Å².